The quantitative estimate of drug-likeness (QED) is 0.728. The molecule has 0 saturated carbocycles. The molecule has 1 rings (SSSR count). The summed E-state index contributed by atoms with van der Waals surface area (Å²) >= 11 is 0. The summed E-state index contributed by atoms with van der Waals surface area (Å²) in [7, 11) is 0. The summed E-state index contributed by atoms with van der Waals surface area (Å²) in [5.74, 6) is -0.969. The van der Waals surface area contributed by atoms with E-state index in [1.54, 1.807) is 0 Å². The van der Waals surface area contributed by atoms with Crippen molar-refractivity contribution in [2.75, 3.05) is 0 Å². The van der Waals surface area contributed by atoms with Gasteiger partial charge in [0.1, 0.15) is 0 Å². The van der Waals surface area contributed by atoms with Gasteiger partial charge < -0.3 is 10.2 Å². The first kappa shape index (κ1) is 9.74. The molecule has 0 aliphatic carbocycles. The number of hydrogen-bond donors (Lipinski definition) is 2. The molecule has 0 aliphatic rings. The second kappa shape index (κ2) is 4.62. The SMILES string of the molecule is O=C(O)C[C@H](O)Cc1ccccc1. The van der Waals surface area contributed by atoms with Gasteiger partial charge in [0, 0.05) is 0 Å². The number of benzene rings is 1. The molecule has 0 unspecified atom stereocenters. The molecule has 1 atom stereocenters. The highest BCUT2D eigenvalue weighted by atomic mass is 16.4. The van der Waals surface area contributed by atoms with Gasteiger partial charge in [-0.2, -0.15) is 0 Å². The molecule has 13 heavy (non-hydrogen) atoms. The second-order valence-electron chi connectivity index (χ2n) is 2.94. The Kier molecular flexibility index (Phi) is 3.46. The van der Waals surface area contributed by atoms with Gasteiger partial charge in [-0.3, -0.25) is 4.79 Å². The number of hydrogen-bond acceptors (Lipinski definition) is 2. The first-order chi connectivity index (χ1) is 6.18. The van der Waals surface area contributed by atoms with Gasteiger partial charge in [0.25, 0.3) is 0 Å². The highest BCUT2D eigenvalue weighted by Crippen LogP contribution is 2.05. The maximum atomic E-state index is 10.2. The lowest BCUT2D eigenvalue weighted by molar-refractivity contribution is -0.139. The second-order valence-corrected chi connectivity index (χ2v) is 2.94. The Bertz CT molecular complexity index is 269. The lowest BCUT2D eigenvalue weighted by Gasteiger charge is -2.06. The van der Waals surface area contributed by atoms with E-state index in [2.05, 4.69) is 0 Å². The normalized spacial score (nSPS) is 12.4. The standard InChI is InChI=1S/C10H12O3/c11-9(7-10(12)13)6-8-4-2-1-3-5-8/h1-5,9,11H,6-7H2,(H,12,13)/t9-/m1/s1. The predicted molar refractivity (Wildman–Crippen MR) is 48.4 cm³/mol. The van der Waals surface area contributed by atoms with E-state index in [4.69, 9.17) is 5.11 Å². The van der Waals surface area contributed by atoms with Crippen molar-refractivity contribution in [3.63, 3.8) is 0 Å². The fourth-order valence-corrected chi connectivity index (χ4v) is 1.16. The molecule has 0 heterocycles. The summed E-state index contributed by atoms with van der Waals surface area (Å²) in [5.41, 5.74) is 0.955. The van der Waals surface area contributed by atoms with Crippen LogP contribution in [0.1, 0.15) is 12.0 Å². The molecule has 1 aromatic carbocycles. The Hall–Kier alpha value is -1.35. The van der Waals surface area contributed by atoms with Crippen LogP contribution < -0.4 is 0 Å². The summed E-state index contributed by atoms with van der Waals surface area (Å²) in [5, 5.41) is 17.7. The minimum absolute atomic E-state index is 0.200. The number of carbonyl (C=O) groups is 1. The molecular weight excluding hydrogens is 168 g/mol. The van der Waals surface area contributed by atoms with Crippen LogP contribution in [0.3, 0.4) is 0 Å². The lowest BCUT2D eigenvalue weighted by Crippen LogP contribution is -2.15. The van der Waals surface area contributed by atoms with Crippen LogP contribution in [0, 0.1) is 0 Å². The van der Waals surface area contributed by atoms with E-state index in [0.717, 1.165) is 5.56 Å². The van der Waals surface area contributed by atoms with Gasteiger partial charge in [-0.1, -0.05) is 30.3 Å². The Balaban J connectivity index is 2.45. The first-order valence-corrected chi connectivity index (χ1v) is 4.12. The topological polar surface area (TPSA) is 57.5 Å². The van der Waals surface area contributed by atoms with Crippen LogP contribution in [0.5, 0.6) is 0 Å². The lowest BCUT2D eigenvalue weighted by atomic mass is 10.1. The fraction of sp³-hybridized carbons (Fsp3) is 0.300. The molecule has 0 bridgehead atoms. The van der Waals surface area contributed by atoms with E-state index in [0.29, 0.717) is 6.42 Å². The Morgan fingerprint density at radius 3 is 2.46 bits per heavy atom. The highest BCUT2D eigenvalue weighted by molar-refractivity contribution is 5.67. The van der Waals surface area contributed by atoms with Crippen molar-refractivity contribution in [2.45, 2.75) is 18.9 Å². The van der Waals surface area contributed by atoms with E-state index < -0.39 is 12.1 Å². The van der Waals surface area contributed by atoms with Crippen LogP contribution in [0.2, 0.25) is 0 Å². The van der Waals surface area contributed by atoms with Crippen molar-refractivity contribution in [3.8, 4) is 0 Å². The average Bonchev–Trinajstić information content (AvgIpc) is 2.04. The van der Waals surface area contributed by atoms with Crippen molar-refractivity contribution >= 4 is 5.97 Å². The Labute approximate surface area is 76.6 Å². The van der Waals surface area contributed by atoms with Gasteiger partial charge in [0.2, 0.25) is 0 Å². The predicted octanol–water partition coefficient (Wildman–Crippen LogP) is 1.06. The third-order valence-electron chi connectivity index (χ3n) is 1.72. The minimum atomic E-state index is -0.969. The van der Waals surface area contributed by atoms with Gasteiger partial charge in [-0.25, -0.2) is 0 Å². The number of rotatable bonds is 4. The van der Waals surface area contributed by atoms with E-state index in [1.807, 2.05) is 30.3 Å². The Morgan fingerprint density at radius 2 is 1.92 bits per heavy atom. The number of carboxylic acid groups (broad SMARTS) is 1. The summed E-state index contributed by atoms with van der Waals surface area (Å²) in [6.07, 6.45) is -0.595. The summed E-state index contributed by atoms with van der Waals surface area (Å²) < 4.78 is 0. The van der Waals surface area contributed by atoms with Crippen LogP contribution in [0.25, 0.3) is 0 Å². The van der Waals surface area contributed by atoms with Crippen molar-refractivity contribution in [3.05, 3.63) is 35.9 Å². The molecule has 0 spiro atoms. The van der Waals surface area contributed by atoms with Crippen molar-refractivity contribution in [1.29, 1.82) is 0 Å². The zero-order chi connectivity index (χ0) is 9.68. The van der Waals surface area contributed by atoms with Gasteiger partial charge in [-0.05, 0) is 12.0 Å². The molecule has 3 heteroatoms. The third-order valence-corrected chi connectivity index (χ3v) is 1.72. The number of carboxylic acids is 1. The molecule has 0 fully saturated rings. The fourth-order valence-electron chi connectivity index (χ4n) is 1.16. The molecule has 0 amide bonds. The van der Waals surface area contributed by atoms with Crippen molar-refractivity contribution in [1.82, 2.24) is 0 Å². The molecule has 1 aromatic rings. The first-order valence-electron chi connectivity index (χ1n) is 4.12. The summed E-state index contributed by atoms with van der Waals surface area (Å²) in [6.45, 7) is 0. The van der Waals surface area contributed by atoms with Crippen LogP contribution >= 0.6 is 0 Å². The van der Waals surface area contributed by atoms with Crippen molar-refractivity contribution < 1.29 is 15.0 Å². The van der Waals surface area contributed by atoms with Gasteiger partial charge in [0.05, 0.1) is 12.5 Å². The maximum absolute atomic E-state index is 10.2. The molecule has 2 N–H and O–H groups in total. The third kappa shape index (κ3) is 3.71. The molecule has 0 aliphatic heterocycles. The van der Waals surface area contributed by atoms with Crippen LogP contribution in [-0.2, 0) is 11.2 Å². The van der Waals surface area contributed by atoms with E-state index in [9.17, 15) is 9.90 Å². The highest BCUT2D eigenvalue weighted by Gasteiger charge is 2.09. The molecule has 0 radical (unpaired) electrons. The number of aliphatic carboxylic acids is 1. The average molecular weight is 180 g/mol. The van der Waals surface area contributed by atoms with Crippen LogP contribution in [-0.4, -0.2) is 22.3 Å². The molecule has 0 aromatic heterocycles. The summed E-state index contributed by atoms with van der Waals surface area (Å²) in [6, 6.07) is 9.34. The Morgan fingerprint density at radius 1 is 1.31 bits per heavy atom. The molecule has 0 saturated heterocycles. The molecule has 3 nitrogen and oxygen atoms in total. The van der Waals surface area contributed by atoms with Crippen molar-refractivity contribution in [2.24, 2.45) is 0 Å². The molecular formula is C10H12O3. The van der Waals surface area contributed by atoms with E-state index in [1.165, 1.54) is 0 Å². The van der Waals surface area contributed by atoms with Gasteiger partial charge in [0.15, 0.2) is 0 Å². The smallest absolute Gasteiger partial charge is 0.305 e. The zero-order valence-corrected chi connectivity index (χ0v) is 7.18. The van der Waals surface area contributed by atoms with E-state index >= 15 is 0 Å². The largest absolute Gasteiger partial charge is 0.481 e. The van der Waals surface area contributed by atoms with Gasteiger partial charge >= 0.3 is 5.97 Å². The van der Waals surface area contributed by atoms with Crippen LogP contribution in [0.15, 0.2) is 30.3 Å². The van der Waals surface area contributed by atoms with Crippen LogP contribution in [0.4, 0.5) is 0 Å². The van der Waals surface area contributed by atoms with Gasteiger partial charge in [-0.15, -0.1) is 0 Å². The molecule has 70 valence electrons. The minimum Gasteiger partial charge on any atom is -0.481 e. The maximum Gasteiger partial charge on any atom is 0.305 e. The number of aliphatic hydroxyl groups is 1. The monoisotopic (exact) mass is 180 g/mol. The zero-order valence-electron chi connectivity index (χ0n) is 7.18. The summed E-state index contributed by atoms with van der Waals surface area (Å²) in [4.78, 5) is 10.2. The number of aliphatic hydroxyl groups excluding tert-OH is 1. The van der Waals surface area contributed by atoms with E-state index in [-0.39, 0.29) is 6.42 Å².